The first-order valence-corrected chi connectivity index (χ1v) is 7.23. The summed E-state index contributed by atoms with van der Waals surface area (Å²) in [5.41, 5.74) is 0.899. The summed E-state index contributed by atoms with van der Waals surface area (Å²) < 4.78 is 0.891. The Balaban J connectivity index is 2.39. The van der Waals surface area contributed by atoms with Crippen molar-refractivity contribution in [2.24, 2.45) is 0 Å². The predicted octanol–water partition coefficient (Wildman–Crippen LogP) is 6.15. The summed E-state index contributed by atoms with van der Waals surface area (Å²) >= 11 is 23.3. The lowest BCUT2D eigenvalue weighted by Crippen LogP contribution is -1.90. The largest absolute Gasteiger partial charge is 0.130 e. The third-order valence-corrected chi connectivity index (χ3v) is 5.58. The second kappa shape index (κ2) is 5.28. The first-order valence-electron chi connectivity index (χ1n) is 4.43. The average molecular weight is 356 g/mol. The van der Waals surface area contributed by atoms with Gasteiger partial charge in [0.05, 0.1) is 14.2 Å². The maximum atomic E-state index is 6.37. The van der Waals surface area contributed by atoms with Crippen LogP contribution in [0, 0.1) is 0 Å². The lowest BCUT2D eigenvalue weighted by Gasteiger charge is -2.09. The molecule has 84 valence electrons. The summed E-state index contributed by atoms with van der Waals surface area (Å²) in [5.74, 6) is 0. The second-order valence-corrected chi connectivity index (χ2v) is 6.81. The van der Waals surface area contributed by atoms with Crippen LogP contribution in [0.2, 0.25) is 10.0 Å². The molecule has 0 aliphatic rings. The molecule has 0 radical (unpaired) electrons. The lowest BCUT2D eigenvalue weighted by atomic mass is 10.1. The van der Waals surface area contributed by atoms with Crippen LogP contribution < -0.4 is 0 Å². The summed E-state index contributed by atoms with van der Waals surface area (Å²) in [6.45, 7) is 0. The molecular formula is C11H6BrCl3S. The van der Waals surface area contributed by atoms with Crippen LogP contribution in [-0.4, -0.2) is 0 Å². The topological polar surface area (TPSA) is 0 Å². The molecular weight excluding hydrogens is 350 g/mol. The molecule has 0 aliphatic carbocycles. The normalized spacial score (nSPS) is 12.8. The fourth-order valence-electron chi connectivity index (χ4n) is 1.32. The van der Waals surface area contributed by atoms with Gasteiger partial charge in [0.1, 0.15) is 0 Å². The molecule has 0 nitrogen and oxygen atoms in total. The maximum absolute atomic E-state index is 6.37. The minimum absolute atomic E-state index is 0.262. The number of rotatable bonds is 2. The molecule has 1 atom stereocenters. The Morgan fingerprint density at radius 3 is 2.38 bits per heavy atom. The Morgan fingerprint density at radius 2 is 1.81 bits per heavy atom. The third kappa shape index (κ3) is 2.57. The quantitative estimate of drug-likeness (QED) is 0.567. The molecule has 1 unspecified atom stereocenters. The van der Waals surface area contributed by atoms with E-state index in [2.05, 4.69) is 15.9 Å². The van der Waals surface area contributed by atoms with Crippen molar-refractivity contribution in [1.29, 1.82) is 0 Å². The van der Waals surface area contributed by atoms with E-state index in [1.54, 1.807) is 0 Å². The van der Waals surface area contributed by atoms with Gasteiger partial charge in [-0.15, -0.1) is 22.9 Å². The van der Waals surface area contributed by atoms with Gasteiger partial charge < -0.3 is 0 Å². The van der Waals surface area contributed by atoms with Gasteiger partial charge in [-0.05, 0) is 33.6 Å². The third-order valence-electron chi connectivity index (χ3n) is 2.09. The van der Waals surface area contributed by atoms with Crippen LogP contribution in [0.5, 0.6) is 0 Å². The Labute approximate surface area is 121 Å². The van der Waals surface area contributed by atoms with Gasteiger partial charge in [0.2, 0.25) is 0 Å². The highest BCUT2D eigenvalue weighted by molar-refractivity contribution is 9.11. The minimum Gasteiger partial charge on any atom is -0.130 e. The van der Waals surface area contributed by atoms with Crippen molar-refractivity contribution < 1.29 is 0 Å². The number of benzene rings is 1. The molecule has 0 saturated heterocycles. The summed E-state index contributed by atoms with van der Waals surface area (Å²) in [4.78, 5) is 0.978. The zero-order valence-corrected chi connectivity index (χ0v) is 12.6. The molecule has 0 amide bonds. The first kappa shape index (κ1) is 12.7. The van der Waals surface area contributed by atoms with Gasteiger partial charge in [-0.3, -0.25) is 0 Å². The van der Waals surface area contributed by atoms with Crippen molar-refractivity contribution in [2.45, 2.75) is 5.38 Å². The van der Waals surface area contributed by atoms with Crippen LogP contribution in [0.3, 0.4) is 0 Å². The molecule has 2 rings (SSSR count). The molecule has 0 N–H and O–H groups in total. The number of alkyl halides is 1. The average Bonchev–Trinajstić information content (AvgIpc) is 2.59. The molecule has 16 heavy (non-hydrogen) atoms. The van der Waals surface area contributed by atoms with Gasteiger partial charge in [0.25, 0.3) is 0 Å². The smallest absolute Gasteiger partial charge is 0.0943 e. The van der Waals surface area contributed by atoms with Gasteiger partial charge in [-0.1, -0.05) is 41.4 Å². The number of thiophene rings is 1. The highest BCUT2D eigenvalue weighted by atomic mass is 79.9. The van der Waals surface area contributed by atoms with E-state index in [9.17, 15) is 0 Å². The van der Waals surface area contributed by atoms with Crippen LogP contribution in [0.25, 0.3) is 0 Å². The standard InChI is InChI=1S/C11H6BrCl3S/c12-11-8(14)5-9(16-11)10(15)6-3-1-2-4-7(6)13/h1-5,10H. The summed E-state index contributed by atoms with van der Waals surface area (Å²) in [5, 5.41) is 1.09. The van der Waals surface area contributed by atoms with E-state index in [-0.39, 0.29) is 5.38 Å². The van der Waals surface area contributed by atoms with E-state index in [0.29, 0.717) is 10.0 Å². The van der Waals surface area contributed by atoms with Crippen LogP contribution in [0.4, 0.5) is 0 Å². The summed E-state index contributed by atoms with van der Waals surface area (Å²) in [7, 11) is 0. The molecule has 0 saturated carbocycles. The van der Waals surface area contributed by atoms with Crippen molar-refractivity contribution in [3.8, 4) is 0 Å². The van der Waals surface area contributed by atoms with Gasteiger partial charge in [0, 0.05) is 9.90 Å². The summed E-state index contributed by atoms with van der Waals surface area (Å²) in [6.07, 6.45) is 0. The fourth-order valence-corrected chi connectivity index (χ4v) is 3.75. The Bertz CT molecular complexity index is 490. The molecule has 0 bridgehead atoms. The van der Waals surface area contributed by atoms with Crippen molar-refractivity contribution >= 4 is 62.1 Å². The number of halogens is 4. The van der Waals surface area contributed by atoms with Crippen LogP contribution in [0.1, 0.15) is 15.8 Å². The molecule has 5 heteroatoms. The van der Waals surface area contributed by atoms with Gasteiger partial charge in [0.15, 0.2) is 0 Å². The van der Waals surface area contributed by atoms with E-state index in [1.807, 2.05) is 30.3 Å². The predicted molar refractivity (Wildman–Crippen MR) is 76.2 cm³/mol. The Kier molecular flexibility index (Phi) is 4.20. The highest BCUT2D eigenvalue weighted by Gasteiger charge is 2.17. The van der Waals surface area contributed by atoms with Crippen LogP contribution >= 0.6 is 62.1 Å². The van der Waals surface area contributed by atoms with Crippen molar-refractivity contribution in [2.75, 3.05) is 0 Å². The highest BCUT2D eigenvalue weighted by Crippen LogP contribution is 2.41. The molecule has 0 spiro atoms. The van der Waals surface area contributed by atoms with Gasteiger partial charge >= 0.3 is 0 Å². The second-order valence-electron chi connectivity index (χ2n) is 3.15. The van der Waals surface area contributed by atoms with E-state index < -0.39 is 0 Å². The van der Waals surface area contributed by atoms with Crippen LogP contribution in [0.15, 0.2) is 34.1 Å². The van der Waals surface area contributed by atoms with Gasteiger partial charge in [-0.2, -0.15) is 0 Å². The van der Waals surface area contributed by atoms with E-state index >= 15 is 0 Å². The monoisotopic (exact) mass is 354 g/mol. The molecule has 1 aromatic heterocycles. The molecule has 2 aromatic rings. The van der Waals surface area contributed by atoms with E-state index in [4.69, 9.17) is 34.8 Å². The van der Waals surface area contributed by atoms with Gasteiger partial charge in [-0.25, -0.2) is 0 Å². The maximum Gasteiger partial charge on any atom is 0.0943 e. The van der Waals surface area contributed by atoms with E-state index in [1.165, 1.54) is 11.3 Å². The number of hydrogen-bond donors (Lipinski definition) is 0. The first-order chi connectivity index (χ1) is 7.59. The zero-order valence-electron chi connectivity index (χ0n) is 7.88. The molecule has 0 fully saturated rings. The summed E-state index contributed by atoms with van der Waals surface area (Å²) in [6, 6.07) is 9.41. The Morgan fingerprint density at radius 1 is 1.12 bits per heavy atom. The Hall–Kier alpha value is 0.270. The molecule has 1 heterocycles. The fraction of sp³-hybridized carbons (Fsp3) is 0.0909. The SMILES string of the molecule is Clc1ccccc1C(Cl)c1cc(Cl)c(Br)s1. The van der Waals surface area contributed by atoms with Crippen LogP contribution in [-0.2, 0) is 0 Å². The van der Waals surface area contributed by atoms with Crippen molar-refractivity contribution in [3.05, 3.63) is 54.6 Å². The minimum atomic E-state index is -0.262. The molecule has 1 aromatic carbocycles. The molecule has 0 aliphatic heterocycles. The zero-order chi connectivity index (χ0) is 11.7. The van der Waals surface area contributed by atoms with Crippen molar-refractivity contribution in [3.63, 3.8) is 0 Å². The van der Waals surface area contributed by atoms with E-state index in [0.717, 1.165) is 14.2 Å². The van der Waals surface area contributed by atoms with Crippen molar-refractivity contribution in [1.82, 2.24) is 0 Å². The number of hydrogen-bond acceptors (Lipinski definition) is 1. The lowest BCUT2D eigenvalue weighted by molar-refractivity contribution is 1.18.